The summed E-state index contributed by atoms with van der Waals surface area (Å²) in [6, 6.07) is 15.0. The van der Waals surface area contributed by atoms with Crippen molar-refractivity contribution in [1.82, 2.24) is 5.32 Å². The van der Waals surface area contributed by atoms with Gasteiger partial charge >= 0.3 is 0 Å². The van der Waals surface area contributed by atoms with Crippen molar-refractivity contribution in [3.8, 4) is 5.75 Å². The van der Waals surface area contributed by atoms with Crippen LogP contribution in [-0.2, 0) is 6.42 Å². The van der Waals surface area contributed by atoms with Gasteiger partial charge in [0.15, 0.2) is 0 Å². The number of hydrogen-bond acceptors (Lipinski definition) is 2. The van der Waals surface area contributed by atoms with Crippen LogP contribution in [-0.4, -0.2) is 18.6 Å². The third kappa shape index (κ3) is 5.95. The van der Waals surface area contributed by atoms with Crippen LogP contribution in [0.3, 0.4) is 0 Å². The summed E-state index contributed by atoms with van der Waals surface area (Å²) in [4.78, 5) is 12.1. The lowest BCUT2D eigenvalue weighted by atomic mass is 10.1. The van der Waals surface area contributed by atoms with Gasteiger partial charge in [0.05, 0.1) is 6.10 Å². The minimum absolute atomic E-state index is 0.0581. The highest BCUT2D eigenvalue weighted by Crippen LogP contribution is 2.14. The Morgan fingerprint density at radius 3 is 2.35 bits per heavy atom. The number of ether oxygens (including phenoxy) is 1. The monoisotopic (exact) mass is 331 g/mol. The first kappa shape index (κ1) is 17.4. The van der Waals surface area contributed by atoms with Crippen LogP contribution < -0.4 is 10.1 Å². The fraction of sp³-hybridized carbons (Fsp3) is 0.316. The van der Waals surface area contributed by atoms with Crippen LogP contribution in [0.4, 0.5) is 0 Å². The van der Waals surface area contributed by atoms with Gasteiger partial charge in [-0.2, -0.15) is 0 Å². The highest BCUT2D eigenvalue weighted by atomic mass is 35.5. The summed E-state index contributed by atoms with van der Waals surface area (Å²) in [6.45, 7) is 4.59. The van der Waals surface area contributed by atoms with E-state index in [9.17, 15) is 4.79 Å². The second-order valence-corrected chi connectivity index (χ2v) is 6.11. The second-order valence-electron chi connectivity index (χ2n) is 5.68. The smallest absolute Gasteiger partial charge is 0.251 e. The maximum absolute atomic E-state index is 12.1. The van der Waals surface area contributed by atoms with E-state index in [1.807, 2.05) is 50.2 Å². The number of benzene rings is 2. The molecule has 2 aromatic carbocycles. The molecule has 1 amide bonds. The van der Waals surface area contributed by atoms with Gasteiger partial charge in [-0.3, -0.25) is 4.79 Å². The Morgan fingerprint density at radius 1 is 1.09 bits per heavy atom. The molecular weight excluding hydrogens is 310 g/mol. The third-order valence-electron chi connectivity index (χ3n) is 3.33. The highest BCUT2D eigenvalue weighted by Gasteiger charge is 2.05. The molecule has 0 fully saturated rings. The number of nitrogens with one attached hydrogen (secondary N) is 1. The van der Waals surface area contributed by atoms with Gasteiger partial charge < -0.3 is 10.1 Å². The van der Waals surface area contributed by atoms with Crippen molar-refractivity contribution in [3.63, 3.8) is 0 Å². The number of rotatable bonds is 7. The summed E-state index contributed by atoms with van der Waals surface area (Å²) in [6.07, 6.45) is 1.93. The second kappa shape index (κ2) is 8.59. The van der Waals surface area contributed by atoms with Crippen molar-refractivity contribution in [1.29, 1.82) is 0 Å². The molecular formula is C19H22ClNO2. The normalized spacial score (nSPS) is 10.6. The standard InChI is InChI=1S/C19H22ClNO2/c1-14(2)23-18-11-7-16(8-12-18)19(22)21-13-3-4-15-5-9-17(20)10-6-15/h5-12,14H,3-4,13H2,1-2H3,(H,21,22). The predicted molar refractivity (Wildman–Crippen MR) is 94.3 cm³/mol. The molecule has 0 aliphatic heterocycles. The molecule has 0 bridgehead atoms. The fourth-order valence-corrected chi connectivity index (χ4v) is 2.33. The van der Waals surface area contributed by atoms with Crippen LogP contribution in [0.5, 0.6) is 5.75 Å². The van der Waals surface area contributed by atoms with E-state index in [-0.39, 0.29) is 12.0 Å². The molecule has 0 aliphatic rings. The Balaban J connectivity index is 1.75. The largest absolute Gasteiger partial charge is 0.491 e. The topological polar surface area (TPSA) is 38.3 Å². The molecule has 0 heterocycles. The Kier molecular flexibility index (Phi) is 6.48. The lowest BCUT2D eigenvalue weighted by Crippen LogP contribution is -2.24. The van der Waals surface area contributed by atoms with E-state index < -0.39 is 0 Å². The number of aryl methyl sites for hydroxylation is 1. The van der Waals surface area contributed by atoms with Gasteiger partial charge in [0.25, 0.3) is 5.91 Å². The molecule has 0 unspecified atom stereocenters. The molecule has 0 spiro atoms. The van der Waals surface area contributed by atoms with Gasteiger partial charge in [-0.25, -0.2) is 0 Å². The van der Waals surface area contributed by atoms with Crippen molar-refractivity contribution in [2.75, 3.05) is 6.54 Å². The fourth-order valence-electron chi connectivity index (χ4n) is 2.20. The predicted octanol–water partition coefficient (Wildman–Crippen LogP) is 4.49. The summed E-state index contributed by atoms with van der Waals surface area (Å²) in [5.74, 6) is 0.719. The number of halogens is 1. The molecule has 23 heavy (non-hydrogen) atoms. The van der Waals surface area contributed by atoms with Crippen LogP contribution in [0.15, 0.2) is 48.5 Å². The van der Waals surface area contributed by atoms with E-state index in [1.165, 1.54) is 5.56 Å². The van der Waals surface area contributed by atoms with E-state index in [0.29, 0.717) is 12.1 Å². The third-order valence-corrected chi connectivity index (χ3v) is 3.58. The van der Waals surface area contributed by atoms with Gasteiger partial charge in [-0.1, -0.05) is 23.7 Å². The minimum Gasteiger partial charge on any atom is -0.491 e. The molecule has 2 rings (SSSR count). The number of amides is 1. The maximum Gasteiger partial charge on any atom is 0.251 e. The number of hydrogen-bond donors (Lipinski definition) is 1. The van der Waals surface area contributed by atoms with Crippen molar-refractivity contribution >= 4 is 17.5 Å². The quantitative estimate of drug-likeness (QED) is 0.759. The zero-order chi connectivity index (χ0) is 16.7. The summed E-state index contributed by atoms with van der Waals surface area (Å²) in [7, 11) is 0. The van der Waals surface area contributed by atoms with Crippen molar-refractivity contribution in [3.05, 3.63) is 64.7 Å². The zero-order valence-electron chi connectivity index (χ0n) is 13.5. The molecule has 0 aliphatic carbocycles. The van der Waals surface area contributed by atoms with Gasteiger partial charge in [-0.05, 0) is 68.7 Å². The summed E-state index contributed by atoms with van der Waals surface area (Å²) in [5.41, 5.74) is 1.87. The van der Waals surface area contributed by atoms with E-state index >= 15 is 0 Å². The van der Waals surface area contributed by atoms with Gasteiger partial charge in [0.2, 0.25) is 0 Å². The summed E-state index contributed by atoms with van der Waals surface area (Å²) in [5, 5.41) is 3.68. The Hall–Kier alpha value is -2.00. The molecule has 122 valence electrons. The van der Waals surface area contributed by atoms with Gasteiger partial charge in [-0.15, -0.1) is 0 Å². The molecule has 0 aromatic heterocycles. The van der Waals surface area contributed by atoms with Gasteiger partial charge in [0, 0.05) is 17.1 Å². The Bertz CT molecular complexity index is 621. The molecule has 1 N–H and O–H groups in total. The van der Waals surface area contributed by atoms with E-state index in [0.717, 1.165) is 23.6 Å². The first-order valence-corrected chi connectivity index (χ1v) is 8.22. The molecule has 4 heteroatoms. The molecule has 0 saturated carbocycles. The molecule has 0 radical (unpaired) electrons. The lowest BCUT2D eigenvalue weighted by Gasteiger charge is -2.10. The minimum atomic E-state index is -0.0581. The molecule has 0 saturated heterocycles. The van der Waals surface area contributed by atoms with Crippen LogP contribution in [0.25, 0.3) is 0 Å². The lowest BCUT2D eigenvalue weighted by molar-refractivity contribution is 0.0953. The summed E-state index contributed by atoms with van der Waals surface area (Å²) >= 11 is 5.86. The van der Waals surface area contributed by atoms with E-state index in [1.54, 1.807) is 12.1 Å². The van der Waals surface area contributed by atoms with Gasteiger partial charge in [0.1, 0.15) is 5.75 Å². The maximum atomic E-state index is 12.1. The number of carbonyl (C=O) groups excluding carboxylic acids is 1. The first-order valence-electron chi connectivity index (χ1n) is 7.84. The van der Waals surface area contributed by atoms with Crippen LogP contribution in [0.1, 0.15) is 36.2 Å². The highest BCUT2D eigenvalue weighted by molar-refractivity contribution is 6.30. The van der Waals surface area contributed by atoms with Crippen LogP contribution >= 0.6 is 11.6 Å². The number of carbonyl (C=O) groups is 1. The molecule has 0 atom stereocenters. The summed E-state index contributed by atoms with van der Waals surface area (Å²) < 4.78 is 5.56. The Labute approximate surface area is 142 Å². The van der Waals surface area contributed by atoms with Crippen molar-refractivity contribution in [2.24, 2.45) is 0 Å². The average Bonchev–Trinajstić information content (AvgIpc) is 2.53. The molecule has 3 nitrogen and oxygen atoms in total. The first-order chi connectivity index (χ1) is 11.0. The SMILES string of the molecule is CC(C)Oc1ccc(C(=O)NCCCc2ccc(Cl)cc2)cc1. The van der Waals surface area contributed by atoms with Crippen LogP contribution in [0, 0.1) is 0 Å². The van der Waals surface area contributed by atoms with Crippen molar-refractivity contribution < 1.29 is 9.53 Å². The average molecular weight is 332 g/mol. The van der Waals surface area contributed by atoms with Crippen LogP contribution in [0.2, 0.25) is 5.02 Å². The molecule has 2 aromatic rings. The van der Waals surface area contributed by atoms with Crippen molar-refractivity contribution in [2.45, 2.75) is 32.8 Å². The zero-order valence-corrected chi connectivity index (χ0v) is 14.3. The van der Waals surface area contributed by atoms with E-state index in [4.69, 9.17) is 16.3 Å². The van der Waals surface area contributed by atoms with E-state index in [2.05, 4.69) is 5.32 Å². The Morgan fingerprint density at radius 2 is 1.74 bits per heavy atom.